The molecule has 0 N–H and O–H groups in total. The topological polar surface area (TPSA) is 30.0 Å². The number of carbonyl (C=O) groups excluding carboxylic acids is 1. The molecule has 0 unspecified atom stereocenters. The number of nitrogens with zero attached hydrogens (tertiary/aromatic N) is 1. The van der Waals surface area contributed by atoms with Gasteiger partial charge in [0.05, 0.1) is 5.56 Å². The fourth-order valence-electron chi connectivity index (χ4n) is 1.41. The summed E-state index contributed by atoms with van der Waals surface area (Å²) in [5, 5.41) is 0.388. The van der Waals surface area contributed by atoms with Gasteiger partial charge in [-0.2, -0.15) is 13.2 Å². The quantitative estimate of drug-likeness (QED) is 0.733. The van der Waals surface area contributed by atoms with Crippen molar-refractivity contribution >= 4 is 34.0 Å². The lowest BCUT2D eigenvalue weighted by Gasteiger charge is -2.08. The van der Waals surface area contributed by atoms with Crippen LogP contribution in [0, 0.1) is 0 Å². The molecule has 1 heterocycles. The van der Waals surface area contributed by atoms with Crippen LogP contribution in [0.2, 0.25) is 0 Å². The number of halogens is 4. The Kier molecular flexibility index (Phi) is 4.49. The van der Waals surface area contributed by atoms with Crippen LogP contribution in [0.1, 0.15) is 15.9 Å². The maximum atomic E-state index is 12.4. The van der Waals surface area contributed by atoms with E-state index in [1.807, 2.05) is 0 Å². The molecule has 0 spiro atoms. The second-order valence-corrected chi connectivity index (χ2v) is 5.76. The average Bonchev–Trinajstić information content (AvgIpc) is 2.38. The molecule has 2 rings (SSSR count). The number of pyridine rings is 1. The average molecular weight is 362 g/mol. The maximum absolute atomic E-state index is 12.4. The highest BCUT2D eigenvalue weighted by atomic mass is 79.9. The molecule has 2 nitrogen and oxygen atoms in total. The molecule has 0 fully saturated rings. The number of alkyl halides is 3. The van der Waals surface area contributed by atoms with Crippen LogP contribution in [0.25, 0.3) is 0 Å². The zero-order chi connectivity index (χ0) is 14.8. The molecule has 1 aromatic heterocycles. The lowest BCUT2D eigenvalue weighted by Crippen LogP contribution is -2.05. The predicted molar refractivity (Wildman–Crippen MR) is 72.9 cm³/mol. The fourth-order valence-corrected chi connectivity index (χ4v) is 2.81. The summed E-state index contributed by atoms with van der Waals surface area (Å²) in [6.45, 7) is 0. The smallest absolute Gasteiger partial charge is 0.298 e. The number of carbonyl (C=O) groups is 1. The molecular weight excluding hydrogens is 355 g/mol. The van der Waals surface area contributed by atoms with Crippen LogP contribution in [0.5, 0.6) is 0 Å². The van der Waals surface area contributed by atoms with Crippen molar-refractivity contribution < 1.29 is 18.0 Å². The Morgan fingerprint density at radius 3 is 2.50 bits per heavy atom. The molecule has 0 saturated heterocycles. The molecule has 0 amide bonds. The Balaban J connectivity index is 2.26. The predicted octanol–water partition coefficient (Wildman–Crippen LogP) is 4.83. The van der Waals surface area contributed by atoms with Crippen molar-refractivity contribution in [3.8, 4) is 0 Å². The van der Waals surface area contributed by atoms with E-state index in [4.69, 9.17) is 0 Å². The van der Waals surface area contributed by atoms with Gasteiger partial charge in [-0.15, -0.1) is 0 Å². The van der Waals surface area contributed by atoms with Crippen molar-refractivity contribution in [1.82, 2.24) is 4.98 Å². The summed E-state index contributed by atoms with van der Waals surface area (Å²) in [6.07, 6.45) is -2.93. The van der Waals surface area contributed by atoms with Gasteiger partial charge in [0.1, 0.15) is 5.03 Å². The molecule has 0 aliphatic rings. The summed E-state index contributed by atoms with van der Waals surface area (Å²) >= 11 is 4.41. The lowest BCUT2D eigenvalue weighted by molar-refractivity contribution is -0.137. The minimum absolute atomic E-state index is 0.388. The van der Waals surface area contributed by atoms with Crippen molar-refractivity contribution in [2.45, 2.75) is 16.1 Å². The van der Waals surface area contributed by atoms with Crippen LogP contribution >= 0.6 is 27.7 Å². The lowest BCUT2D eigenvalue weighted by atomic mass is 10.2. The Morgan fingerprint density at radius 2 is 1.95 bits per heavy atom. The number of hydrogen-bond donors (Lipinski definition) is 0. The molecule has 0 aliphatic carbocycles. The van der Waals surface area contributed by atoms with Gasteiger partial charge in [-0.25, -0.2) is 4.98 Å². The van der Waals surface area contributed by atoms with Crippen LogP contribution in [-0.2, 0) is 6.18 Å². The molecular formula is C13H7BrF3NOS. The Bertz CT molecular complexity index is 629. The molecule has 104 valence electrons. The first-order chi connectivity index (χ1) is 9.40. The zero-order valence-corrected chi connectivity index (χ0v) is 12.2. The van der Waals surface area contributed by atoms with Gasteiger partial charge < -0.3 is 0 Å². The van der Waals surface area contributed by atoms with E-state index in [0.29, 0.717) is 21.8 Å². The standard InChI is InChI=1S/C13H7BrF3NOS/c14-10-3-1-8(7-19)11(5-10)20-12-4-2-9(6-18-12)13(15,16)17/h1-7H. The number of aldehydes is 1. The molecule has 7 heteroatoms. The van der Waals surface area contributed by atoms with E-state index in [2.05, 4.69) is 20.9 Å². The van der Waals surface area contributed by atoms with E-state index < -0.39 is 11.7 Å². The van der Waals surface area contributed by atoms with E-state index in [0.717, 1.165) is 28.5 Å². The summed E-state index contributed by atoms with van der Waals surface area (Å²) in [4.78, 5) is 15.3. The molecule has 0 saturated carbocycles. The molecule has 0 radical (unpaired) electrons. The Hall–Kier alpha value is -1.34. The number of hydrogen-bond acceptors (Lipinski definition) is 3. The number of aromatic nitrogens is 1. The molecule has 1 aromatic carbocycles. The zero-order valence-electron chi connectivity index (χ0n) is 9.82. The van der Waals surface area contributed by atoms with Crippen LogP contribution in [0.3, 0.4) is 0 Å². The summed E-state index contributed by atoms with van der Waals surface area (Å²) < 4.78 is 38.0. The van der Waals surface area contributed by atoms with Crippen molar-refractivity contribution in [2.75, 3.05) is 0 Å². The summed E-state index contributed by atoms with van der Waals surface area (Å²) in [5.41, 5.74) is -0.341. The molecule has 0 bridgehead atoms. The summed E-state index contributed by atoms with van der Waals surface area (Å²) in [5.74, 6) is 0. The third kappa shape index (κ3) is 3.61. The number of rotatable bonds is 3. The summed E-state index contributed by atoms with van der Waals surface area (Å²) in [7, 11) is 0. The third-order valence-electron chi connectivity index (χ3n) is 2.38. The Morgan fingerprint density at radius 1 is 1.20 bits per heavy atom. The van der Waals surface area contributed by atoms with Gasteiger partial charge in [-0.05, 0) is 30.3 Å². The summed E-state index contributed by atoms with van der Waals surface area (Å²) in [6, 6.07) is 7.31. The van der Waals surface area contributed by atoms with E-state index in [-0.39, 0.29) is 0 Å². The minimum Gasteiger partial charge on any atom is -0.298 e. The van der Waals surface area contributed by atoms with Gasteiger partial charge in [0.2, 0.25) is 0 Å². The van der Waals surface area contributed by atoms with E-state index in [9.17, 15) is 18.0 Å². The largest absolute Gasteiger partial charge is 0.417 e. The molecule has 2 aromatic rings. The third-order valence-corrected chi connectivity index (χ3v) is 3.90. The molecule has 0 atom stereocenters. The number of benzene rings is 1. The van der Waals surface area contributed by atoms with Crippen LogP contribution in [0.15, 0.2) is 50.9 Å². The van der Waals surface area contributed by atoms with Crippen LogP contribution in [-0.4, -0.2) is 11.3 Å². The van der Waals surface area contributed by atoms with Crippen molar-refractivity contribution in [3.63, 3.8) is 0 Å². The van der Waals surface area contributed by atoms with E-state index in [1.165, 1.54) is 6.07 Å². The van der Waals surface area contributed by atoms with Crippen molar-refractivity contribution in [1.29, 1.82) is 0 Å². The highest BCUT2D eigenvalue weighted by Gasteiger charge is 2.30. The first-order valence-corrected chi connectivity index (χ1v) is 6.97. The SMILES string of the molecule is O=Cc1ccc(Br)cc1Sc1ccc(C(F)(F)F)cn1. The van der Waals surface area contributed by atoms with Crippen LogP contribution < -0.4 is 0 Å². The highest BCUT2D eigenvalue weighted by Crippen LogP contribution is 2.33. The van der Waals surface area contributed by atoms with E-state index in [1.54, 1.807) is 18.2 Å². The fraction of sp³-hybridized carbons (Fsp3) is 0.0769. The van der Waals surface area contributed by atoms with Gasteiger partial charge in [0.15, 0.2) is 6.29 Å². The first kappa shape index (κ1) is 15.1. The second kappa shape index (κ2) is 5.97. The second-order valence-electron chi connectivity index (χ2n) is 3.78. The normalized spacial score (nSPS) is 11.4. The van der Waals surface area contributed by atoms with Gasteiger partial charge in [-0.1, -0.05) is 27.7 Å². The van der Waals surface area contributed by atoms with Gasteiger partial charge in [-0.3, -0.25) is 4.79 Å². The van der Waals surface area contributed by atoms with Gasteiger partial charge >= 0.3 is 6.18 Å². The van der Waals surface area contributed by atoms with Crippen molar-refractivity contribution in [2.24, 2.45) is 0 Å². The highest BCUT2D eigenvalue weighted by molar-refractivity contribution is 9.10. The van der Waals surface area contributed by atoms with Gasteiger partial charge in [0.25, 0.3) is 0 Å². The van der Waals surface area contributed by atoms with Crippen molar-refractivity contribution in [3.05, 3.63) is 52.1 Å². The van der Waals surface area contributed by atoms with Gasteiger partial charge in [0, 0.05) is 21.1 Å². The first-order valence-electron chi connectivity index (χ1n) is 5.36. The minimum atomic E-state index is -4.40. The maximum Gasteiger partial charge on any atom is 0.417 e. The molecule has 20 heavy (non-hydrogen) atoms. The van der Waals surface area contributed by atoms with Crippen LogP contribution in [0.4, 0.5) is 13.2 Å². The monoisotopic (exact) mass is 361 g/mol. The molecule has 0 aliphatic heterocycles. The Labute approximate surface area is 125 Å². The van der Waals surface area contributed by atoms with E-state index >= 15 is 0 Å².